The van der Waals surface area contributed by atoms with Crippen molar-refractivity contribution in [1.82, 2.24) is 20.0 Å². The average Bonchev–Trinajstić information content (AvgIpc) is 3.16. The number of nitrogens with one attached hydrogen (secondary N) is 1. The first-order valence-corrected chi connectivity index (χ1v) is 9.36. The van der Waals surface area contributed by atoms with Crippen LogP contribution in [0.2, 0.25) is 0 Å². The van der Waals surface area contributed by atoms with Crippen LogP contribution in [0.15, 0.2) is 30.5 Å². The van der Waals surface area contributed by atoms with Crippen molar-refractivity contribution >= 4 is 18.3 Å². The number of hydrogen-bond acceptors (Lipinski definition) is 4. The van der Waals surface area contributed by atoms with Crippen LogP contribution in [-0.2, 0) is 0 Å². The molecule has 2 heterocycles. The fourth-order valence-corrected chi connectivity index (χ4v) is 3.51. The van der Waals surface area contributed by atoms with Crippen molar-refractivity contribution in [3.63, 3.8) is 0 Å². The number of ether oxygens (including phenoxy) is 1. The zero-order chi connectivity index (χ0) is 18.5. The third-order valence-corrected chi connectivity index (χ3v) is 4.86. The molecule has 1 amide bonds. The lowest BCUT2D eigenvalue weighted by atomic mass is 10.0. The van der Waals surface area contributed by atoms with Gasteiger partial charge in [0.1, 0.15) is 11.4 Å². The maximum Gasteiger partial charge on any atom is 0.274 e. The standard InChI is InChI=1S/C20H28N4O2.ClH/c1-4-12-23(16-7-10-21-11-8-16)20(25)17-9-13-24(22-17)18-14-15(2)5-6-19(18)26-3;/h5-6,9,13-14,16,21H,4,7-8,10-12H2,1-3H3;1H. The van der Waals surface area contributed by atoms with Crippen molar-refractivity contribution in [3.8, 4) is 11.4 Å². The summed E-state index contributed by atoms with van der Waals surface area (Å²) in [4.78, 5) is 15.1. The number of halogens is 1. The molecule has 0 saturated carbocycles. The van der Waals surface area contributed by atoms with Gasteiger partial charge in [-0.1, -0.05) is 13.0 Å². The zero-order valence-electron chi connectivity index (χ0n) is 16.3. The minimum Gasteiger partial charge on any atom is -0.494 e. The summed E-state index contributed by atoms with van der Waals surface area (Å²) in [5.74, 6) is 0.755. The Morgan fingerprint density at radius 2 is 2.07 bits per heavy atom. The summed E-state index contributed by atoms with van der Waals surface area (Å²) in [5, 5.41) is 7.92. The van der Waals surface area contributed by atoms with Gasteiger partial charge in [-0.25, -0.2) is 4.68 Å². The summed E-state index contributed by atoms with van der Waals surface area (Å²) in [5.41, 5.74) is 2.45. The van der Waals surface area contributed by atoms with E-state index in [1.807, 2.05) is 36.2 Å². The summed E-state index contributed by atoms with van der Waals surface area (Å²) in [7, 11) is 1.64. The molecule has 6 nitrogen and oxygen atoms in total. The highest BCUT2D eigenvalue weighted by molar-refractivity contribution is 5.92. The van der Waals surface area contributed by atoms with Crippen LogP contribution in [-0.4, -0.2) is 53.4 Å². The Morgan fingerprint density at radius 1 is 1.33 bits per heavy atom. The van der Waals surface area contributed by atoms with Crippen LogP contribution in [0.1, 0.15) is 42.2 Å². The molecule has 0 aliphatic carbocycles. The van der Waals surface area contributed by atoms with Crippen LogP contribution in [0.25, 0.3) is 5.69 Å². The van der Waals surface area contributed by atoms with Crippen molar-refractivity contribution in [2.75, 3.05) is 26.7 Å². The van der Waals surface area contributed by atoms with E-state index in [2.05, 4.69) is 17.3 Å². The highest BCUT2D eigenvalue weighted by Crippen LogP contribution is 2.24. The Kier molecular flexibility index (Phi) is 7.68. The van der Waals surface area contributed by atoms with E-state index in [1.165, 1.54) is 0 Å². The first kappa shape index (κ1) is 21.3. The van der Waals surface area contributed by atoms with Gasteiger partial charge in [0.15, 0.2) is 5.69 Å². The summed E-state index contributed by atoms with van der Waals surface area (Å²) < 4.78 is 7.17. The van der Waals surface area contributed by atoms with Gasteiger partial charge in [-0.3, -0.25) is 4.79 Å². The molecule has 1 aromatic carbocycles. The number of carbonyl (C=O) groups excluding carboxylic acids is 1. The molecule has 2 aromatic rings. The molecule has 0 atom stereocenters. The first-order chi connectivity index (χ1) is 12.6. The quantitative estimate of drug-likeness (QED) is 0.820. The van der Waals surface area contributed by atoms with Gasteiger partial charge in [-0.2, -0.15) is 5.10 Å². The maximum atomic E-state index is 13.1. The molecule has 148 valence electrons. The summed E-state index contributed by atoms with van der Waals surface area (Å²) in [6, 6.07) is 8.02. The largest absolute Gasteiger partial charge is 0.494 e. The second-order valence-corrected chi connectivity index (χ2v) is 6.80. The minimum absolute atomic E-state index is 0. The number of carbonyl (C=O) groups is 1. The van der Waals surface area contributed by atoms with E-state index >= 15 is 0 Å². The summed E-state index contributed by atoms with van der Waals surface area (Å²) in [6.45, 7) is 6.83. The van der Waals surface area contributed by atoms with Gasteiger partial charge in [-0.05, 0) is 63.0 Å². The molecule has 0 unspecified atom stereocenters. The number of aromatic nitrogens is 2. The normalized spacial score (nSPS) is 14.5. The number of rotatable bonds is 6. The van der Waals surface area contributed by atoms with Crippen molar-refractivity contribution in [1.29, 1.82) is 0 Å². The Morgan fingerprint density at radius 3 is 2.74 bits per heavy atom. The number of amides is 1. The molecule has 1 N–H and O–H groups in total. The smallest absolute Gasteiger partial charge is 0.274 e. The van der Waals surface area contributed by atoms with Gasteiger partial charge < -0.3 is 15.0 Å². The lowest BCUT2D eigenvalue weighted by molar-refractivity contribution is 0.0636. The van der Waals surface area contributed by atoms with Crippen molar-refractivity contribution in [3.05, 3.63) is 41.7 Å². The van der Waals surface area contributed by atoms with E-state index in [-0.39, 0.29) is 18.3 Å². The topological polar surface area (TPSA) is 59.4 Å². The number of benzene rings is 1. The van der Waals surface area contributed by atoms with E-state index in [0.29, 0.717) is 11.7 Å². The molecule has 3 rings (SSSR count). The Bertz CT molecular complexity index is 756. The minimum atomic E-state index is 0. The van der Waals surface area contributed by atoms with Crippen LogP contribution >= 0.6 is 12.4 Å². The van der Waals surface area contributed by atoms with Crippen LogP contribution in [0.4, 0.5) is 0 Å². The average molecular weight is 393 g/mol. The van der Waals surface area contributed by atoms with E-state index in [4.69, 9.17) is 4.74 Å². The van der Waals surface area contributed by atoms with E-state index in [0.717, 1.165) is 55.9 Å². The predicted molar refractivity (Wildman–Crippen MR) is 109 cm³/mol. The predicted octanol–water partition coefficient (Wildman–Crippen LogP) is 3.22. The molecule has 0 radical (unpaired) electrons. The van der Waals surface area contributed by atoms with E-state index < -0.39 is 0 Å². The molecule has 1 fully saturated rings. The second-order valence-electron chi connectivity index (χ2n) is 6.80. The fraction of sp³-hybridized carbons (Fsp3) is 0.500. The molecule has 0 spiro atoms. The van der Waals surface area contributed by atoms with Gasteiger partial charge >= 0.3 is 0 Å². The number of aryl methyl sites for hydroxylation is 1. The molecular weight excluding hydrogens is 364 g/mol. The lowest BCUT2D eigenvalue weighted by Gasteiger charge is -2.34. The number of methoxy groups -OCH3 is 1. The molecule has 0 bridgehead atoms. The molecule has 1 aliphatic rings. The highest BCUT2D eigenvalue weighted by Gasteiger charge is 2.27. The zero-order valence-corrected chi connectivity index (χ0v) is 17.1. The molecule has 1 aromatic heterocycles. The molecular formula is C20H29ClN4O2. The molecule has 1 saturated heterocycles. The van der Waals surface area contributed by atoms with Gasteiger partial charge in [-0.15, -0.1) is 12.4 Å². The molecule has 1 aliphatic heterocycles. The fourth-order valence-electron chi connectivity index (χ4n) is 3.51. The van der Waals surface area contributed by atoms with E-state index in [9.17, 15) is 4.79 Å². The monoisotopic (exact) mass is 392 g/mol. The van der Waals surface area contributed by atoms with Crippen LogP contribution < -0.4 is 10.1 Å². The summed E-state index contributed by atoms with van der Waals surface area (Å²) >= 11 is 0. The lowest BCUT2D eigenvalue weighted by Crippen LogP contribution is -2.46. The van der Waals surface area contributed by atoms with Gasteiger partial charge in [0.2, 0.25) is 0 Å². The molecule has 7 heteroatoms. The van der Waals surface area contributed by atoms with Crippen LogP contribution in [0.3, 0.4) is 0 Å². The Labute approximate surface area is 167 Å². The summed E-state index contributed by atoms with van der Waals surface area (Å²) in [6.07, 6.45) is 4.77. The maximum absolute atomic E-state index is 13.1. The number of nitrogens with zero attached hydrogens (tertiary/aromatic N) is 3. The number of piperidine rings is 1. The second kappa shape index (κ2) is 9.76. The van der Waals surface area contributed by atoms with Gasteiger partial charge in [0.05, 0.1) is 7.11 Å². The van der Waals surface area contributed by atoms with E-state index in [1.54, 1.807) is 17.9 Å². The van der Waals surface area contributed by atoms with Crippen molar-refractivity contribution < 1.29 is 9.53 Å². The highest BCUT2D eigenvalue weighted by atomic mass is 35.5. The van der Waals surface area contributed by atoms with Crippen molar-refractivity contribution in [2.24, 2.45) is 0 Å². The van der Waals surface area contributed by atoms with Gasteiger partial charge in [0.25, 0.3) is 5.91 Å². The Balaban J connectivity index is 0.00000261. The van der Waals surface area contributed by atoms with Crippen LogP contribution in [0.5, 0.6) is 5.75 Å². The Hall–Kier alpha value is -2.05. The first-order valence-electron chi connectivity index (χ1n) is 9.36. The molecule has 27 heavy (non-hydrogen) atoms. The SMILES string of the molecule is CCCN(C(=O)c1ccn(-c2cc(C)ccc2OC)n1)C1CCNCC1.Cl. The van der Waals surface area contributed by atoms with Gasteiger partial charge in [0, 0.05) is 18.8 Å². The van der Waals surface area contributed by atoms with Crippen LogP contribution in [0, 0.1) is 6.92 Å². The third-order valence-electron chi connectivity index (χ3n) is 4.86. The number of hydrogen-bond donors (Lipinski definition) is 1. The van der Waals surface area contributed by atoms with Crippen molar-refractivity contribution in [2.45, 2.75) is 39.2 Å². The third kappa shape index (κ3) is 4.82.